The highest BCUT2D eigenvalue weighted by atomic mass is 19.3. The fraction of sp³-hybridized carbons (Fsp3) is 0.381. The van der Waals surface area contributed by atoms with Gasteiger partial charge in [0.15, 0.2) is 5.69 Å². The normalized spacial score (nSPS) is 17.5. The van der Waals surface area contributed by atoms with Gasteiger partial charge in [-0.15, -0.1) is 5.10 Å². The van der Waals surface area contributed by atoms with E-state index in [4.69, 9.17) is 0 Å². The van der Waals surface area contributed by atoms with Gasteiger partial charge in [0.1, 0.15) is 5.69 Å². The molecule has 1 N–H and O–H groups in total. The Bertz CT molecular complexity index is 1100. The molecule has 2 aromatic heterocycles. The van der Waals surface area contributed by atoms with Crippen molar-refractivity contribution in [2.24, 2.45) is 0 Å². The average Bonchev–Trinajstić information content (AvgIpc) is 3.51. The molecular formula is C21H23F2N7O2. The van der Waals surface area contributed by atoms with Gasteiger partial charge in [-0.05, 0) is 18.6 Å². The van der Waals surface area contributed by atoms with Crippen molar-refractivity contribution >= 4 is 11.8 Å². The number of nitrogens with one attached hydrogen (secondary N) is 1. The molecule has 168 valence electrons. The van der Waals surface area contributed by atoms with E-state index in [9.17, 15) is 18.4 Å². The minimum absolute atomic E-state index is 0.00518. The maximum atomic E-state index is 14.2. The van der Waals surface area contributed by atoms with Gasteiger partial charge in [-0.25, -0.2) is 13.5 Å². The lowest BCUT2D eigenvalue weighted by atomic mass is 10.2. The number of carbonyl (C=O) groups excluding carboxylic acids is 2. The molecule has 3 heterocycles. The lowest BCUT2D eigenvalue weighted by Crippen LogP contribution is -2.39. The number of amides is 2. The summed E-state index contributed by atoms with van der Waals surface area (Å²) in [6.45, 7) is 2.07. The van der Waals surface area contributed by atoms with E-state index in [2.05, 4.69) is 20.7 Å². The van der Waals surface area contributed by atoms with Crippen molar-refractivity contribution in [1.29, 1.82) is 0 Å². The van der Waals surface area contributed by atoms with Crippen molar-refractivity contribution in [3.8, 4) is 0 Å². The van der Waals surface area contributed by atoms with Crippen molar-refractivity contribution in [2.45, 2.75) is 44.9 Å². The first-order valence-electron chi connectivity index (χ1n) is 10.3. The van der Waals surface area contributed by atoms with Crippen molar-refractivity contribution in [2.75, 3.05) is 6.54 Å². The number of benzene rings is 1. The van der Waals surface area contributed by atoms with Crippen LogP contribution in [-0.2, 0) is 19.6 Å². The fourth-order valence-electron chi connectivity index (χ4n) is 3.67. The van der Waals surface area contributed by atoms with E-state index >= 15 is 0 Å². The molecule has 2 amide bonds. The van der Waals surface area contributed by atoms with Gasteiger partial charge in [0.2, 0.25) is 0 Å². The van der Waals surface area contributed by atoms with Gasteiger partial charge >= 0.3 is 0 Å². The average molecular weight is 443 g/mol. The van der Waals surface area contributed by atoms with Crippen LogP contribution in [0.2, 0.25) is 0 Å². The number of aryl methyl sites for hydroxylation is 1. The highest BCUT2D eigenvalue weighted by Gasteiger charge is 2.47. The van der Waals surface area contributed by atoms with E-state index in [0.717, 1.165) is 10.5 Å². The molecule has 9 nitrogen and oxygen atoms in total. The maximum absolute atomic E-state index is 14.2. The second kappa shape index (κ2) is 8.85. The van der Waals surface area contributed by atoms with Crippen LogP contribution in [0.15, 0.2) is 48.8 Å². The first-order chi connectivity index (χ1) is 15.3. The molecule has 0 radical (unpaired) electrons. The van der Waals surface area contributed by atoms with Gasteiger partial charge in [0, 0.05) is 25.7 Å². The van der Waals surface area contributed by atoms with Crippen LogP contribution in [-0.4, -0.2) is 60.0 Å². The van der Waals surface area contributed by atoms with Crippen LogP contribution in [0.3, 0.4) is 0 Å². The smallest absolute Gasteiger partial charge is 0.274 e. The predicted molar refractivity (Wildman–Crippen MR) is 110 cm³/mol. The number of hydrogen-bond acceptors (Lipinski definition) is 5. The van der Waals surface area contributed by atoms with Crippen molar-refractivity contribution in [3.63, 3.8) is 0 Å². The molecule has 0 spiro atoms. The van der Waals surface area contributed by atoms with Gasteiger partial charge in [-0.2, -0.15) is 5.10 Å². The molecule has 1 aromatic carbocycles. The predicted octanol–water partition coefficient (Wildman–Crippen LogP) is 1.97. The number of likely N-dealkylation sites (tertiary alicyclic amines) is 1. The molecule has 1 atom stereocenters. The number of alkyl halides is 2. The minimum Gasteiger partial charge on any atom is -0.347 e. The molecule has 0 bridgehead atoms. The summed E-state index contributed by atoms with van der Waals surface area (Å²) in [6, 6.07) is 10.1. The molecule has 3 aromatic rings. The molecule has 0 saturated carbocycles. The zero-order valence-electron chi connectivity index (χ0n) is 17.5. The fourth-order valence-corrected chi connectivity index (χ4v) is 3.67. The van der Waals surface area contributed by atoms with Gasteiger partial charge < -0.3 is 10.2 Å². The highest BCUT2D eigenvalue weighted by molar-refractivity contribution is 5.93. The number of halogens is 2. The molecule has 1 aliphatic heterocycles. The van der Waals surface area contributed by atoms with E-state index in [-0.39, 0.29) is 17.9 Å². The molecule has 1 aliphatic rings. The van der Waals surface area contributed by atoms with E-state index in [1.165, 1.54) is 16.9 Å². The Kier molecular flexibility index (Phi) is 5.97. The summed E-state index contributed by atoms with van der Waals surface area (Å²) in [6.07, 6.45) is 2.53. The van der Waals surface area contributed by atoms with Crippen molar-refractivity contribution < 1.29 is 18.4 Å². The Balaban J connectivity index is 1.42. The largest absolute Gasteiger partial charge is 0.347 e. The number of nitrogens with zero attached hydrogens (tertiary/aromatic N) is 6. The zero-order valence-corrected chi connectivity index (χ0v) is 17.5. The van der Waals surface area contributed by atoms with E-state index < -0.39 is 36.7 Å². The standard InChI is InChI=1S/C21H23F2N7O2/c1-2-28-9-8-17(26-28)20(32)30-14-21(22,23)10-16(30)12-29-13-18(25-27-29)19(31)24-11-15-6-4-3-5-7-15/h3-9,13,16H,2,10-12,14H2,1H3,(H,24,31). The maximum Gasteiger partial charge on any atom is 0.274 e. The summed E-state index contributed by atoms with van der Waals surface area (Å²) in [5, 5.41) is 14.6. The minimum atomic E-state index is -3.01. The summed E-state index contributed by atoms with van der Waals surface area (Å²) in [5.41, 5.74) is 1.13. The molecule has 11 heteroatoms. The monoisotopic (exact) mass is 443 g/mol. The third-order valence-corrected chi connectivity index (χ3v) is 5.29. The first-order valence-corrected chi connectivity index (χ1v) is 10.3. The van der Waals surface area contributed by atoms with Gasteiger partial charge in [-0.1, -0.05) is 35.5 Å². The summed E-state index contributed by atoms with van der Waals surface area (Å²) < 4.78 is 31.2. The van der Waals surface area contributed by atoms with Crippen LogP contribution in [0.5, 0.6) is 0 Å². The quantitative estimate of drug-likeness (QED) is 0.602. The molecular weight excluding hydrogens is 420 g/mol. The van der Waals surface area contributed by atoms with Crippen LogP contribution in [0.25, 0.3) is 0 Å². The van der Waals surface area contributed by atoms with Crippen molar-refractivity contribution in [1.82, 2.24) is 35.0 Å². The van der Waals surface area contributed by atoms with Crippen LogP contribution in [0, 0.1) is 0 Å². The highest BCUT2D eigenvalue weighted by Crippen LogP contribution is 2.33. The molecule has 32 heavy (non-hydrogen) atoms. The lowest BCUT2D eigenvalue weighted by Gasteiger charge is -2.22. The Labute approximate surface area is 183 Å². The van der Waals surface area contributed by atoms with Gasteiger partial charge in [0.25, 0.3) is 17.7 Å². The van der Waals surface area contributed by atoms with Crippen LogP contribution >= 0.6 is 0 Å². The summed E-state index contributed by atoms with van der Waals surface area (Å²) >= 11 is 0. The Hall–Kier alpha value is -3.63. The number of hydrogen-bond donors (Lipinski definition) is 1. The molecule has 1 saturated heterocycles. The molecule has 0 aliphatic carbocycles. The topological polar surface area (TPSA) is 97.9 Å². The molecule has 4 rings (SSSR count). The number of aromatic nitrogens is 5. The Morgan fingerprint density at radius 2 is 1.94 bits per heavy atom. The second-order valence-corrected chi connectivity index (χ2v) is 7.70. The SMILES string of the molecule is CCn1ccc(C(=O)N2CC(F)(F)CC2Cn2cc(C(=O)NCc3ccccc3)nn2)n1. The van der Waals surface area contributed by atoms with Crippen LogP contribution in [0.1, 0.15) is 39.9 Å². The number of rotatable bonds is 7. The summed E-state index contributed by atoms with van der Waals surface area (Å²) in [4.78, 5) is 26.3. The van der Waals surface area contributed by atoms with Crippen LogP contribution < -0.4 is 5.32 Å². The van der Waals surface area contributed by atoms with E-state index in [1.807, 2.05) is 37.3 Å². The summed E-state index contributed by atoms with van der Waals surface area (Å²) in [5.74, 6) is -3.99. The van der Waals surface area contributed by atoms with Gasteiger partial charge in [-0.3, -0.25) is 14.3 Å². The third-order valence-electron chi connectivity index (χ3n) is 5.29. The second-order valence-electron chi connectivity index (χ2n) is 7.70. The van der Waals surface area contributed by atoms with E-state index in [0.29, 0.717) is 13.1 Å². The summed E-state index contributed by atoms with van der Waals surface area (Å²) in [7, 11) is 0. The Morgan fingerprint density at radius 3 is 2.66 bits per heavy atom. The Morgan fingerprint density at radius 1 is 1.16 bits per heavy atom. The van der Waals surface area contributed by atoms with E-state index in [1.54, 1.807) is 10.9 Å². The van der Waals surface area contributed by atoms with Crippen molar-refractivity contribution in [3.05, 3.63) is 65.7 Å². The van der Waals surface area contributed by atoms with Crippen LogP contribution in [0.4, 0.5) is 8.78 Å². The molecule has 1 fully saturated rings. The number of carbonyl (C=O) groups is 2. The van der Waals surface area contributed by atoms with Gasteiger partial charge in [0.05, 0.1) is 25.3 Å². The third kappa shape index (κ3) is 4.82. The molecule has 1 unspecified atom stereocenters. The first kappa shape index (κ1) is 21.6. The lowest BCUT2D eigenvalue weighted by molar-refractivity contribution is 0.0116. The zero-order chi connectivity index (χ0) is 22.7.